The van der Waals surface area contributed by atoms with E-state index in [1.165, 1.54) is 5.56 Å². The second kappa shape index (κ2) is 7.42. The van der Waals surface area contributed by atoms with Crippen molar-refractivity contribution in [1.82, 2.24) is 15.0 Å². The highest BCUT2D eigenvalue weighted by atomic mass is 16.5. The monoisotopic (exact) mass is 287 g/mol. The van der Waals surface area contributed by atoms with E-state index in [0.717, 1.165) is 18.7 Å². The van der Waals surface area contributed by atoms with Crippen LogP contribution in [0.15, 0.2) is 24.3 Å². The van der Waals surface area contributed by atoms with Crippen LogP contribution in [0.1, 0.15) is 26.3 Å². The number of ether oxygens (including phenoxy) is 1. The van der Waals surface area contributed by atoms with Crippen molar-refractivity contribution in [3.05, 3.63) is 29.8 Å². The molecule has 0 aliphatic carbocycles. The highest BCUT2D eigenvalue weighted by Crippen LogP contribution is 2.20. The molecule has 2 aromatic rings. The van der Waals surface area contributed by atoms with Gasteiger partial charge in [-0.1, -0.05) is 25.1 Å². The van der Waals surface area contributed by atoms with Crippen LogP contribution < -0.4 is 15.4 Å². The smallest absolute Gasteiger partial charge is 0.323 e. The summed E-state index contributed by atoms with van der Waals surface area (Å²) in [6.07, 6.45) is 0.937. The quantitative estimate of drug-likeness (QED) is 0.815. The average molecular weight is 287 g/mol. The minimum Gasteiger partial charge on any atom is -0.464 e. The maximum absolute atomic E-state index is 5.39. The van der Waals surface area contributed by atoms with Crippen LogP contribution in [0.4, 0.5) is 17.6 Å². The molecule has 0 radical (unpaired) electrons. The molecular weight excluding hydrogens is 266 g/mol. The van der Waals surface area contributed by atoms with Crippen LogP contribution in [0.3, 0.4) is 0 Å². The van der Waals surface area contributed by atoms with Gasteiger partial charge in [0.2, 0.25) is 11.9 Å². The molecule has 2 N–H and O–H groups in total. The number of para-hydroxylation sites is 1. The predicted molar refractivity (Wildman–Crippen MR) is 84.3 cm³/mol. The fraction of sp³-hybridized carbons (Fsp3) is 0.400. The van der Waals surface area contributed by atoms with Gasteiger partial charge >= 0.3 is 6.01 Å². The Morgan fingerprint density at radius 3 is 2.48 bits per heavy atom. The second-order valence-electron chi connectivity index (χ2n) is 4.36. The molecule has 1 aromatic carbocycles. The highest BCUT2D eigenvalue weighted by molar-refractivity contribution is 5.59. The molecule has 6 heteroatoms. The van der Waals surface area contributed by atoms with Crippen LogP contribution in [0, 0.1) is 0 Å². The van der Waals surface area contributed by atoms with Gasteiger partial charge in [-0.05, 0) is 31.9 Å². The van der Waals surface area contributed by atoms with Crippen molar-refractivity contribution < 1.29 is 4.74 Å². The van der Waals surface area contributed by atoms with Gasteiger partial charge in [0, 0.05) is 12.2 Å². The number of aromatic nitrogens is 3. The number of benzene rings is 1. The maximum Gasteiger partial charge on any atom is 0.323 e. The van der Waals surface area contributed by atoms with Gasteiger partial charge < -0.3 is 15.4 Å². The summed E-state index contributed by atoms with van der Waals surface area (Å²) in [7, 11) is 0. The summed E-state index contributed by atoms with van der Waals surface area (Å²) in [5.41, 5.74) is 2.21. The van der Waals surface area contributed by atoms with Crippen molar-refractivity contribution in [1.29, 1.82) is 0 Å². The zero-order valence-electron chi connectivity index (χ0n) is 12.7. The van der Waals surface area contributed by atoms with Crippen LogP contribution in [0.5, 0.6) is 6.01 Å². The van der Waals surface area contributed by atoms with Gasteiger partial charge in [0.25, 0.3) is 0 Å². The lowest BCUT2D eigenvalue weighted by atomic mass is 10.1. The Morgan fingerprint density at radius 1 is 1.00 bits per heavy atom. The molecule has 0 unspecified atom stereocenters. The fourth-order valence-electron chi connectivity index (χ4n) is 1.91. The Morgan fingerprint density at radius 2 is 1.76 bits per heavy atom. The lowest BCUT2D eigenvalue weighted by molar-refractivity contribution is 0.312. The molecule has 0 spiro atoms. The van der Waals surface area contributed by atoms with E-state index in [9.17, 15) is 0 Å². The van der Waals surface area contributed by atoms with Crippen molar-refractivity contribution in [3.8, 4) is 6.01 Å². The van der Waals surface area contributed by atoms with E-state index in [0.29, 0.717) is 24.5 Å². The van der Waals surface area contributed by atoms with Gasteiger partial charge in [0.1, 0.15) is 0 Å². The van der Waals surface area contributed by atoms with E-state index in [-0.39, 0.29) is 0 Å². The molecule has 6 nitrogen and oxygen atoms in total. The summed E-state index contributed by atoms with van der Waals surface area (Å²) in [6, 6.07) is 8.42. The summed E-state index contributed by atoms with van der Waals surface area (Å²) in [5, 5.41) is 6.32. The first-order valence-electron chi connectivity index (χ1n) is 7.24. The van der Waals surface area contributed by atoms with Gasteiger partial charge in [-0.3, -0.25) is 0 Å². The van der Waals surface area contributed by atoms with E-state index in [4.69, 9.17) is 4.74 Å². The van der Waals surface area contributed by atoms with Crippen LogP contribution in [0.25, 0.3) is 0 Å². The van der Waals surface area contributed by atoms with E-state index >= 15 is 0 Å². The zero-order valence-corrected chi connectivity index (χ0v) is 12.7. The molecule has 0 fully saturated rings. The molecule has 0 saturated heterocycles. The number of nitrogens with one attached hydrogen (secondary N) is 2. The lowest BCUT2D eigenvalue weighted by Gasteiger charge is -2.11. The molecule has 1 heterocycles. The third-order valence-corrected chi connectivity index (χ3v) is 2.87. The number of nitrogens with zero attached hydrogens (tertiary/aromatic N) is 3. The van der Waals surface area contributed by atoms with Crippen LogP contribution in [-0.4, -0.2) is 28.1 Å². The zero-order chi connectivity index (χ0) is 15.1. The standard InChI is InChI=1S/C15H21N5O/c1-4-11-9-7-8-10-12(11)17-14-18-13(16-5-2)19-15(20-14)21-6-3/h7-10H,4-6H2,1-3H3,(H2,16,17,18,19,20). The molecule has 1 aromatic heterocycles. The van der Waals surface area contributed by atoms with Crippen LogP contribution >= 0.6 is 0 Å². The molecule has 112 valence electrons. The summed E-state index contributed by atoms with van der Waals surface area (Å²) in [5.74, 6) is 0.984. The maximum atomic E-state index is 5.39. The Balaban J connectivity index is 2.29. The van der Waals surface area contributed by atoms with Crippen LogP contribution in [-0.2, 0) is 6.42 Å². The van der Waals surface area contributed by atoms with E-state index < -0.39 is 0 Å². The average Bonchev–Trinajstić information content (AvgIpc) is 2.48. The number of hydrogen-bond donors (Lipinski definition) is 2. The van der Waals surface area contributed by atoms with Crippen molar-refractivity contribution in [2.24, 2.45) is 0 Å². The first-order chi connectivity index (χ1) is 10.3. The molecule has 0 saturated carbocycles. The van der Waals surface area contributed by atoms with Crippen molar-refractivity contribution in [2.45, 2.75) is 27.2 Å². The third-order valence-electron chi connectivity index (χ3n) is 2.87. The highest BCUT2D eigenvalue weighted by Gasteiger charge is 2.08. The Labute approximate surface area is 125 Å². The summed E-state index contributed by atoms with van der Waals surface area (Å²) in [6.45, 7) is 7.25. The van der Waals surface area contributed by atoms with Gasteiger partial charge in [0.15, 0.2) is 0 Å². The number of rotatable bonds is 7. The Hall–Kier alpha value is -2.37. The lowest BCUT2D eigenvalue weighted by Crippen LogP contribution is -2.09. The van der Waals surface area contributed by atoms with E-state index in [1.807, 2.05) is 32.0 Å². The molecular formula is C15H21N5O. The number of hydrogen-bond acceptors (Lipinski definition) is 6. The molecule has 2 rings (SSSR count). The molecule has 0 amide bonds. The van der Waals surface area contributed by atoms with Gasteiger partial charge in [-0.25, -0.2) is 0 Å². The van der Waals surface area contributed by atoms with Crippen LogP contribution in [0.2, 0.25) is 0 Å². The van der Waals surface area contributed by atoms with Crippen molar-refractivity contribution in [2.75, 3.05) is 23.8 Å². The predicted octanol–water partition coefficient (Wildman–Crippen LogP) is 3.01. The van der Waals surface area contributed by atoms with Gasteiger partial charge in [-0.15, -0.1) is 0 Å². The normalized spacial score (nSPS) is 10.2. The topological polar surface area (TPSA) is 72.0 Å². The SMILES string of the molecule is CCNc1nc(Nc2ccccc2CC)nc(OCC)n1. The molecule has 0 atom stereocenters. The summed E-state index contributed by atoms with van der Waals surface area (Å²) >= 11 is 0. The Kier molecular flexibility index (Phi) is 5.31. The van der Waals surface area contributed by atoms with E-state index in [1.54, 1.807) is 0 Å². The minimum absolute atomic E-state index is 0.319. The summed E-state index contributed by atoms with van der Waals surface area (Å²) < 4.78 is 5.39. The first kappa shape index (κ1) is 15.0. The fourth-order valence-corrected chi connectivity index (χ4v) is 1.91. The molecule has 0 aliphatic heterocycles. The molecule has 0 bridgehead atoms. The second-order valence-corrected chi connectivity index (χ2v) is 4.36. The molecule has 21 heavy (non-hydrogen) atoms. The van der Waals surface area contributed by atoms with Crippen molar-refractivity contribution >= 4 is 17.6 Å². The molecule has 0 aliphatic rings. The largest absolute Gasteiger partial charge is 0.464 e. The third kappa shape index (κ3) is 4.05. The van der Waals surface area contributed by atoms with Gasteiger partial charge in [0.05, 0.1) is 6.61 Å². The number of aryl methyl sites for hydroxylation is 1. The minimum atomic E-state index is 0.319. The number of anilines is 3. The van der Waals surface area contributed by atoms with E-state index in [2.05, 4.69) is 38.6 Å². The van der Waals surface area contributed by atoms with Crippen molar-refractivity contribution in [3.63, 3.8) is 0 Å². The van der Waals surface area contributed by atoms with Gasteiger partial charge in [-0.2, -0.15) is 15.0 Å². The summed E-state index contributed by atoms with van der Waals surface area (Å²) in [4.78, 5) is 12.8. The Bertz CT molecular complexity index is 564. The first-order valence-corrected chi connectivity index (χ1v) is 7.24.